The highest BCUT2D eigenvalue weighted by molar-refractivity contribution is 6.21. The highest BCUT2D eigenvalue weighted by atomic mass is 16.6. The SMILES string of the molecule is COc1ccc([N+](=O)[O-])cc1NCCCCCN1C(=O)c2ccccc2C1=O. The lowest BCUT2D eigenvalue weighted by atomic mass is 10.1. The van der Waals surface area contributed by atoms with Gasteiger partial charge in [0.1, 0.15) is 5.75 Å². The molecule has 0 radical (unpaired) electrons. The Morgan fingerprint density at radius 1 is 1.04 bits per heavy atom. The highest BCUT2D eigenvalue weighted by Gasteiger charge is 2.34. The van der Waals surface area contributed by atoms with Gasteiger partial charge in [0.2, 0.25) is 0 Å². The summed E-state index contributed by atoms with van der Waals surface area (Å²) >= 11 is 0. The number of benzene rings is 2. The van der Waals surface area contributed by atoms with Crippen LogP contribution in [0.15, 0.2) is 42.5 Å². The molecule has 0 fully saturated rings. The molecule has 146 valence electrons. The third-order valence-electron chi connectivity index (χ3n) is 4.65. The normalized spacial score (nSPS) is 12.8. The number of rotatable bonds is 9. The van der Waals surface area contributed by atoms with Crippen LogP contribution < -0.4 is 10.1 Å². The minimum Gasteiger partial charge on any atom is -0.495 e. The fraction of sp³-hybridized carbons (Fsp3) is 0.300. The molecular weight excluding hydrogens is 362 g/mol. The zero-order valence-corrected chi connectivity index (χ0v) is 15.5. The van der Waals surface area contributed by atoms with Crippen LogP contribution in [0, 0.1) is 10.1 Å². The van der Waals surface area contributed by atoms with Crippen molar-refractivity contribution in [1.29, 1.82) is 0 Å². The molecule has 1 aliphatic rings. The van der Waals surface area contributed by atoms with Gasteiger partial charge in [0.05, 0.1) is 28.8 Å². The first-order valence-corrected chi connectivity index (χ1v) is 9.04. The van der Waals surface area contributed by atoms with Crippen LogP contribution in [0.2, 0.25) is 0 Å². The minimum absolute atomic E-state index is 0.00563. The lowest BCUT2D eigenvalue weighted by molar-refractivity contribution is -0.384. The number of nitro benzene ring substituents is 1. The summed E-state index contributed by atoms with van der Waals surface area (Å²) in [6.07, 6.45) is 2.28. The van der Waals surface area contributed by atoms with Crippen molar-refractivity contribution in [3.63, 3.8) is 0 Å². The zero-order chi connectivity index (χ0) is 20.1. The second-order valence-corrected chi connectivity index (χ2v) is 6.44. The number of hydrogen-bond acceptors (Lipinski definition) is 6. The summed E-state index contributed by atoms with van der Waals surface area (Å²) in [7, 11) is 1.51. The van der Waals surface area contributed by atoms with E-state index in [1.54, 1.807) is 30.3 Å². The van der Waals surface area contributed by atoms with E-state index in [1.165, 1.54) is 24.1 Å². The third kappa shape index (κ3) is 3.95. The monoisotopic (exact) mass is 383 g/mol. The van der Waals surface area contributed by atoms with Gasteiger partial charge < -0.3 is 10.1 Å². The molecule has 0 atom stereocenters. The molecule has 0 saturated heterocycles. The average molecular weight is 383 g/mol. The lowest BCUT2D eigenvalue weighted by Gasteiger charge is -2.14. The van der Waals surface area contributed by atoms with E-state index in [2.05, 4.69) is 5.32 Å². The molecule has 0 saturated carbocycles. The number of anilines is 1. The summed E-state index contributed by atoms with van der Waals surface area (Å²) in [5.74, 6) is 0.0664. The van der Waals surface area contributed by atoms with E-state index in [0.29, 0.717) is 42.1 Å². The maximum Gasteiger partial charge on any atom is 0.271 e. The number of fused-ring (bicyclic) bond motifs is 1. The predicted molar refractivity (Wildman–Crippen MR) is 104 cm³/mol. The lowest BCUT2D eigenvalue weighted by Crippen LogP contribution is -2.30. The van der Waals surface area contributed by atoms with Crippen LogP contribution >= 0.6 is 0 Å². The Balaban J connectivity index is 1.45. The number of nitro groups is 1. The van der Waals surface area contributed by atoms with E-state index in [4.69, 9.17) is 4.74 Å². The van der Waals surface area contributed by atoms with Gasteiger partial charge in [0.25, 0.3) is 17.5 Å². The summed E-state index contributed by atoms with van der Waals surface area (Å²) in [5.41, 5.74) is 1.49. The second-order valence-electron chi connectivity index (χ2n) is 6.44. The van der Waals surface area contributed by atoms with Crippen molar-refractivity contribution in [3.05, 3.63) is 63.7 Å². The molecule has 1 N–H and O–H groups in total. The van der Waals surface area contributed by atoms with Crippen LogP contribution in [0.4, 0.5) is 11.4 Å². The zero-order valence-electron chi connectivity index (χ0n) is 15.5. The van der Waals surface area contributed by atoms with Gasteiger partial charge in [0, 0.05) is 25.2 Å². The Hall–Kier alpha value is -3.42. The molecule has 2 amide bonds. The van der Waals surface area contributed by atoms with Gasteiger partial charge in [0.15, 0.2) is 0 Å². The van der Waals surface area contributed by atoms with E-state index in [1.807, 2.05) is 0 Å². The first-order chi connectivity index (χ1) is 13.5. The molecule has 0 aliphatic carbocycles. The van der Waals surface area contributed by atoms with E-state index < -0.39 is 4.92 Å². The number of hydrogen-bond donors (Lipinski definition) is 1. The van der Waals surface area contributed by atoms with Crippen molar-refractivity contribution >= 4 is 23.2 Å². The molecule has 2 aromatic carbocycles. The molecule has 8 heteroatoms. The second kappa shape index (κ2) is 8.51. The number of unbranched alkanes of at least 4 members (excludes halogenated alkanes) is 2. The molecule has 3 rings (SSSR count). The molecule has 1 aliphatic heterocycles. The van der Waals surface area contributed by atoms with Crippen LogP contribution in [0.5, 0.6) is 5.75 Å². The summed E-state index contributed by atoms with van der Waals surface area (Å²) < 4.78 is 5.21. The number of methoxy groups -OCH3 is 1. The number of non-ortho nitro benzene ring substituents is 1. The van der Waals surface area contributed by atoms with Gasteiger partial charge in [-0.05, 0) is 37.5 Å². The Morgan fingerprint density at radius 3 is 2.32 bits per heavy atom. The predicted octanol–water partition coefficient (Wildman–Crippen LogP) is 3.48. The van der Waals surface area contributed by atoms with E-state index in [9.17, 15) is 19.7 Å². The van der Waals surface area contributed by atoms with Crippen LogP contribution in [-0.2, 0) is 0 Å². The molecule has 0 unspecified atom stereocenters. The van der Waals surface area contributed by atoms with Crippen LogP contribution in [0.25, 0.3) is 0 Å². The third-order valence-corrected chi connectivity index (χ3v) is 4.65. The summed E-state index contributed by atoms with van der Waals surface area (Å²) in [4.78, 5) is 36.3. The number of ether oxygens (including phenoxy) is 1. The molecule has 8 nitrogen and oxygen atoms in total. The highest BCUT2D eigenvalue weighted by Crippen LogP contribution is 2.29. The van der Waals surface area contributed by atoms with Gasteiger partial charge in [-0.25, -0.2) is 0 Å². The van der Waals surface area contributed by atoms with E-state index in [0.717, 1.165) is 12.8 Å². The molecular formula is C20H21N3O5. The van der Waals surface area contributed by atoms with Crippen LogP contribution in [0.1, 0.15) is 40.0 Å². The van der Waals surface area contributed by atoms with Crippen molar-refractivity contribution in [3.8, 4) is 5.75 Å². The fourth-order valence-electron chi connectivity index (χ4n) is 3.18. The van der Waals surface area contributed by atoms with Crippen molar-refractivity contribution in [1.82, 2.24) is 4.90 Å². The first kappa shape index (κ1) is 19.3. The van der Waals surface area contributed by atoms with E-state index in [-0.39, 0.29) is 17.5 Å². The van der Waals surface area contributed by atoms with Gasteiger partial charge >= 0.3 is 0 Å². The Kier molecular flexibility index (Phi) is 5.88. The molecule has 28 heavy (non-hydrogen) atoms. The number of carbonyl (C=O) groups excluding carboxylic acids is 2. The Morgan fingerprint density at radius 2 is 1.71 bits per heavy atom. The standard InChI is InChI=1S/C20H21N3O5/c1-28-18-10-9-14(23(26)27)13-17(18)21-11-5-2-6-12-22-19(24)15-7-3-4-8-16(15)20(22)25/h3-4,7-10,13,21H,2,5-6,11-12H2,1H3. The fourth-order valence-corrected chi connectivity index (χ4v) is 3.18. The van der Waals surface area contributed by atoms with Crippen LogP contribution in [0.3, 0.4) is 0 Å². The largest absolute Gasteiger partial charge is 0.495 e. The molecule has 0 bridgehead atoms. The summed E-state index contributed by atoms with van der Waals surface area (Å²) in [6.45, 7) is 0.978. The van der Waals surface area contributed by atoms with Crippen molar-refractivity contribution in [2.45, 2.75) is 19.3 Å². The molecule has 1 heterocycles. The number of nitrogens with zero attached hydrogens (tertiary/aromatic N) is 2. The first-order valence-electron chi connectivity index (χ1n) is 9.04. The number of imide groups is 1. The number of nitrogens with one attached hydrogen (secondary N) is 1. The smallest absolute Gasteiger partial charge is 0.271 e. The van der Waals surface area contributed by atoms with Crippen molar-refractivity contribution < 1.29 is 19.2 Å². The molecule has 2 aromatic rings. The Bertz CT molecular complexity index is 877. The topological polar surface area (TPSA) is 102 Å². The average Bonchev–Trinajstić information content (AvgIpc) is 2.95. The maximum absolute atomic E-state index is 12.3. The van der Waals surface area contributed by atoms with Gasteiger partial charge in [-0.2, -0.15) is 0 Å². The van der Waals surface area contributed by atoms with E-state index >= 15 is 0 Å². The number of amides is 2. The Labute approximate surface area is 162 Å². The molecule has 0 spiro atoms. The summed E-state index contributed by atoms with van der Waals surface area (Å²) in [6, 6.07) is 11.2. The van der Waals surface area contributed by atoms with Gasteiger partial charge in [-0.15, -0.1) is 0 Å². The van der Waals surface area contributed by atoms with Crippen molar-refractivity contribution in [2.24, 2.45) is 0 Å². The molecule has 0 aromatic heterocycles. The summed E-state index contributed by atoms with van der Waals surface area (Å²) in [5, 5.41) is 14.0. The van der Waals surface area contributed by atoms with Gasteiger partial charge in [-0.1, -0.05) is 12.1 Å². The van der Waals surface area contributed by atoms with Gasteiger partial charge in [-0.3, -0.25) is 24.6 Å². The van der Waals surface area contributed by atoms with Crippen molar-refractivity contribution in [2.75, 3.05) is 25.5 Å². The quantitative estimate of drug-likeness (QED) is 0.308. The maximum atomic E-state index is 12.3. The van der Waals surface area contributed by atoms with Crippen LogP contribution in [-0.4, -0.2) is 41.8 Å². The number of carbonyl (C=O) groups is 2. The minimum atomic E-state index is -0.452.